The van der Waals surface area contributed by atoms with Crippen LogP contribution in [-0.4, -0.2) is 28.5 Å². The first-order valence-electron chi connectivity index (χ1n) is 4.76. The summed E-state index contributed by atoms with van der Waals surface area (Å²) in [6.07, 6.45) is 6.43. The van der Waals surface area contributed by atoms with Crippen molar-refractivity contribution in [3.63, 3.8) is 0 Å². The zero-order chi connectivity index (χ0) is 9.26. The number of likely N-dealkylation sites (tertiary alicyclic amines) is 1. The summed E-state index contributed by atoms with van der Waals surface area (Å²) < 4.78 is 0. The molecule has 0 radical (unpaired) electrons. The predicted molar refractivity (Wildman–Crippen MR) is 51.4 cm³/mol. The molecule has 2 heterocycles. The Labute approximate surface area is 78.8 Å². The van der Waals surface area contributed by atoms with Gasteiger partial charge in [0.15, 0.2) is 0 Å². The van der Waals surface area contributed by atoms with Crippen LogP contribution in [0, 0.1) is 6.92 Å². The highest BCUT2D eigenvalue weighted by molar-refractivity contribution is 5.12. The maximum absolute atomic E-state index is 4.22. The van der Waals surface area contributed by atoms with Gasteiger partial charge in [0.2, 0.25) is 0 Å². The first-order valence-corrected chi connectivity index (χ1v) is 4.76. The van der Waals surface area contributed by atoms with Crippen LogP contribution in [0.1, 0.15) is 30.3 Å². The Hall–Kier alpha value is -0.960. The Morgan fingerprint density at radius 3 is 2.62 bits per heavy atom. The van der Waals surface area contributed by atoms with E-state index in [0.29, 0.717) is 6.04 Å². The molecular formula is C10H15N3. The Morgan fingerprint density at radius 2 is 2.08 bits per heavy atom. The molecule has 0 aliphatic carbocycles. The second-order valence-corrected chi connectivity index (χ2v) is 3.70. The molecule has 1 aromatic heterocycles. The average Bonchev–Trinajstić information content (AvgIpc) is 2.53. The molecule has 0 aromatic carbocycles. The van der Waals surface area contributed by atoms with Crippen molar-refractivity contribution < 1.29 is 0 Å². The van der Waals surface area contributed by atoms with Gasteiger partial charge in [0.05, 0.1) is 0 Å². The molecule has 1 aliphatic rings. The van der Waals surface area contributed by atoms with Crippen LogP contribution in [-0.2, 0) is 0 Å². The molecule has 13 heavy (non-hydrogen) atoms. The topological polar surface area (TPSA) is 29.0 Å². The van der Waals surface area contributed by atoms with Gasteiger partial charge in [-0.05, 0) is 33.4 Å². The Morgan fingerprint density at radius 1 is 1.38 bits per heavy atom. The number of rotatable bonds is 1. The van der Waals surface area contributed by atoms with Gasteiger partial charge < -0.3 is 0 Å². The van der Waals surface area contributed by atoms with Crippen LogP contribution in [0.4, 0.5) is 0 Å². The molecule has 0 amide bonds. The van der Waals surface area contributed by atoms with E-state index in [1.54, 1.807) is 0 Å². The van der Waals surface area contributed by atoms with Gasteiger partial charge in [0.25, 0.3) is 0 Å². The maximum Gasteiger partial charge on any atom is 0.125 e. The van der Waals surface area contributed by atoms with Crippen molar-refractivity contribution in [2.45, 2.75) is 25.8 Å². The van der Waals surface area contributed by atoms with Crippen LogP contribution in [0.25, 0.3) is 0 Å². The quantitative estimate of drug-likeness (QED) is 0.651. The third-order valence-electron chi connectivity index (χ3n) is 2.71. The standard InChI is InChI=1S/C10H15N3/c1-8-11-6-9(7-12-8)10-4-3-5-13(10)2/h6-7,10H,3-5H2,1-2H3/t10-/m0/s1. The summed E-state index contributed by atoms with van der Waals surface area (Å²) in [4.78, 5) is 10.8. The largest absolute Gasteiger partial charge is 0.299 e. The zero-order valence-electron chi connectivity index (χ0n) is 8.20. The summed E-state index contributed by atoms with van der Waals surface area (Å²) in [5.41, 5.74) is 1.26. The Balaban J connectivity index is 2.20. The van der Waals surface area contributed by atoms with Gasteiger partial charge in [0, 0.05) is 24.0 Å². The molecule has 0 bridgehead atoms. The molecule has 0 saturated carbocycles. The Bertz CT molecular complexity index is 281. The van der Waals surface area contributed by atoms with E-state index in [0.717, 1.165) is 5.82 Å². The summed E-state index contributed by atoms with van der Waals surface area (Å²) in [6, 6.07) is 0.542. The van der Waals surface area contributed by atoms with Crippen molar-refractivity contribution >= 4 is 0 Å². The zero-order valence-corrected chi connectivity index (χ0v) is 8.20. The van der Waals surface area contributed by atoms with Crippen LogP contribution in [0.15, 0.2) is 12.4 Å². The molecule has 70 valence electrons. The minimum absolute atomic E-state index is 0.542. The van der Waals surface area contributed by atoms with Crippen LogP contribution < -0.4 is 0 Å². The molecular weight excluding hydrogens is 162 g/mol. The lowest BCUT2D eigenvalue weighted by atomic mass is 10.1. The summed E-state index contributed by atoms with van der Waals surface area (Å²) in [5, 5.41) is 0. The van der Waals surface area contributed by atoms with Gasteiger partial charge in [-0.15, -0.1) is 0 Å². The molecule has 2 rings (SSSR count). The average molecular weight is 177 g/mol. The lowest BCUT2D eigenvalue weighted by Crippen LogP contribution is -2.17. The highest BCUT2D eigenvalue weighted by Gasteiger charge is 2.22. The smallest absolute Gasteiger partial charge is 0.125 e. The van der Waals surface area contributed by atoms with Crippen molar-refractivity contribution in [3.8, 4) is 0 Å². The van der Waals surface area contributed by atoms with Crippen molar-refractivity contribution in [2.24, 2.45) is 0 Å². The van der Waals surface area contributed by atoms with E-state index >= 15 is 0 Å². The van der Waals surface area contributed by atoms with E-state index in [-0.39, 0.29) is 0 Å². The lowest BCUT2D eigenvalue weighted by molar-refractivity contribution is 0.316. The summed E-state index contributed by atoms with van der Waals surface area (Å²) in [7, 11) is 2.16. The number of nitrogens with zero attached hydrogens (tertiary/aromatic N) is 3. The molecule has 1 atom stereocenters. The van der Waals surface area contributed by atoms with Crippen molar-refractivity contribution in [2.75, 3.05) is 13.6 Å². The first kappa shape index (κ1) is 8.63. The van der Waals surface area contributed by atoms with Crippen molar-refractivity contribution in [3.05, 3.63) is 23.8 Å². The molecule has 3 heteroatoms. The number of aromatic nitrogens is 2. The van der Waals surface area contributed by atoms with E-state index in [1.807, 2.05) is 19.3 Å². The highest BCUT2D eigenvalue weighted by Crippen LogP contribution is 2.28. The van der Waals surface area contributed by atoms with Gasteiger partial charge >= 0.3 is 0 Å². The third-order valence-corrected chi connectivity index (χ3v) is 2.71. The number of hydrogen-bond acceptors (Lipinski definition) is 3. The summed E-state index contributed by atoms with van der Waals surface area (Å²) in [5.74, 6) is 0.851. The molecule has 0 N–H and O–H groups in total. The van der Waals surface area contributed by atoms with Crippen LogP contribution in [0.2, 0.25) is 0 Å². The van der Waals surface area contributed by atoms with Crippen LogP contribution in [0.3, 0.4) is 0 Å². The SMILES string of the molecule is Cc1ncc([C@@H]2CCCN2C)cn1. The monoisotopic (exact) mass is 177 g/mol. The van der Waals surface area contributed by atoms with Gasteiger partial charge in [-0.3, -0.25) is 4.90 Å². The minimum Gasteiger partial charge on any atom is -0.299 e. The molecule has 1 fully saturated rings. The van der Waals surface area contributed by atoms with E-state index < -0.39 is 0 Å². The van der Waals surface area contributed by atoms with Gasteiger partial charge in [-0.1, -0.05) is 0 Å². The fourth-order valence-corrected chi connectivity index (χ4v) is 1.91. The first-order chi connectivity index (χ1) is 6.27. The number of aryl methyl sites for hydroxylation is 1. The fourth-order valence-electron chi connectivity index (χ4n) is 1.91. The van der Waals surface area contributed by atoms with Gasteiger partial charge in [-0.2, -0.15) is 0 Å². The number of hydrogen-bond donors (Lipinski definition) is 0. The predicted octanol–water partition coefficient (Wildman–Crippen LogP) is 1.55. The summed E-state index contributed by atoms with van der Waals surface area (Å²) >= 11 is 0. The van der Waals surface area contributed by atoms with Crippen molar-refractivity contribution in [1.29, 1.82) is 0 Å². The van der Waals surface area contributed by atoms with E-state index in [1.165, 1.54) is 24.9 Å². The van der Waals surface area contributed by atoms with E-state index in [2.05, 4.69) is 21.9 Å². The second-order valence-electron chi connectivity index (χ2n) is 3.70. The minimum atomic E-state index is 0.542. The molecule has 1 aromatic rings. The highest BCUT2D eigenvalue weighted by atomic mass is 15.1. The molecule has 3 nitrogen and oxygen atoms in total. The van der Waals surface area contributed by atoms with Crippen LogP contribution >= 0.6 is 0 Å². The summed E-state index contributed by atoms with van der Waals surface area (Å²) in [6.45, 7) is 3.11. The second kappa shape index (κ2) is 3.42. The van der Waals surface area contributed by atoms with Crippen LogP contribution in [0.5, 0.6) is 0 Å². The fraction of sp³-hybridized carbons (Fsp3) is 0.600. The molecule has 0 unspecified atom stereocenters. The van der Waals surface area contributed by atoms with E-state index in [9.17, 15) is 0 Å². The third kappa shape index (κ3) is 1.70. The molecule has 1 aliphatic heterocycles. The van der Waals surface area contributed by atoms with Crippen molar-refractivity contribution in [1.82, 2.24) is 14.9 Å². The molecule has 0 spiro atoms. The van der Waals surface area contributed by atoms with Gasteiger partial charge in [-0.25, -0.2) is 9.97 Å². The van der Waals surface area contributed by atoms with Gasteiger partial charge in [0.1, 0.15) is 5.82 Å². The molecule has 1 saturated heterocycles. The Kier molecular flexibility index (Phi) is 2.27. The van der Waals surface area contributed by atoms with E-state index in [4.69, 9.17) is 0 Å². The normalized spacial score (nSPS) is 23.7. The lowest BCUT2D eigenvalue weighted by Gasteiger charge is -2.18. The maximum atomic E-state index is 4.22.